The lowest BCUT2D eigenvalue weighted by Gasteiger charge is -2.26. The second-order valence-corrected chi connectivity index (χ2v) is 10.5. The third-order valence-electron chi connectivity index (χ3n) is 6.74. The molecule has 1 N–H and O–H groups in total. The number of carbonyl (C=O) groups is 1. The normalized spacial score (nSPS) is 20.2. The van der Waals surface area contributed by atoms with Crippen molar-refractivity contribution >= 4 is 19.9 Å². The number of benzene rings is 2. The summed E-state index contributed by atoms with van der Waals surface area (Å²) in [5.74, 6) is -0.306. The summed E-state index contributed by atoms with van der Waals surface area (Å²) in [5, 5.41) is 11.6. The minimum Gasteiger partial charge on any atom is -0.479 e. The molecular formula is C26H31O3P. The number of fused-ring (bicyclic) bond motifs is 1. The molecular weight excluding hydrogens is 391 g/mol. The topological polar surface area (TPSA) is 46.5 Å². The van der Waals surface area contributed by atoms with Gasteiger partial charge in [0.2, 0.25) is 0 Å². The minimum atomic E-state index is -0.881. The lowest BCUT2D eigenvalue weighted by Crippen LogP contribution is -2.20. The van der Waals surface area contributed by atoms with Gasteiger partial charge in [-0.3, -0.25) is 0 Å². The number of carboxylic acid groups (broad SMARTS) is 1. The van der Waals surface area contributed by atoms with Crippen LogP contribution >= 0.6 is 8.58 Å². The van der Waals surface area contributed by atoms with Crippen LogP contribution in [0.3, 0.4) is 0 Å². The predicted molar refractivity (Wildman–Crippen MR) is 124 cm³/mol. The number of ether oxygens (including phenoxy) is 1. The Bertz CT molecular complexity index is 988. The molecule has 3 nitrogen and oxygen atoms in total. The number of aryl methyl sites for hydroxylation is 3. The second kappa shape index (κ2) is 8.09. The number of hydrogen-bond acceptors (Lipinski definition) is 2. The molecule has 1 aliphatic heterocycles. The van der Waals surface area contributed by atoms with Crippen LogP contribution in [0.4, 0.5) is 0 Å². The molecule has 0 spiro atoms. The molecule has 158 valence electrons. The number of aliphatic carboxylic acids is 1. The van der Waals surface area contributed by atoms with E-state index in [2.05, 4.69) is 38.1 Å². The van der Waals surface area contributed by atoms with Crippen LogP contribution in [-0.2, 0) is 22.4 Å². The van der Waals surface area contributed by atoms with Crippen molar-refractivity contribution < 1.29 is 14.6 Å². The Kier molecular flexibility index (Phi) is 5.45. The first kappa shape index (κ1) is 20.2. The number of hydrogen-bond donors (Lipinski definition) is 1. The van der Waals surface area contributed by atoms with E-state index < -0.39 is 12.1 Å². The molecule has 2 unspecified atom stereocenters. The highest BCUT2D eigenvalue weighted by atomic mass is 31.1. The molecule has 0 amide bonds. The van der Waals surface area contributed by atoms with Crippen molar-refractivity contribution in [3.63, 3.8) is 0 Å². The van der Waals surface area contributed by atoms with Gasteiger partial charge in [0.1, 0.15) is 0 Å². The standard InChI is InChI=1S/C26H31O3P/c1-3-16-13-15(2)22(25(26(27)28)29-20-9-10-20)24(23(16)17-6-7-17)19-8-11-21-18(14-19)5-4-12-30-21/h8,11,13-14,17,20,25,30H,3-7,9-10,12H2,1-2H3,(H,27,28). The van der Waals surface area contributed by atoms with Crippen LogP contribution in [0.15, 0.2) is 24.3 Å². The molecule has 30 heavy (non-hydrogen) atoms. The lowest BCUT2D eigenvalue weighted by atomic mass is 9.82. The third-order valence-corrected chi connectivity index (χ3v) is 8.21. The van der Waals surface area contributed by atoms with Crippen LogP contribution in [-0.4, -0.2) is 23.3 Å². The maximum Gasteiger partial charge on any atom is 0.337 e. The van der Waals surface area contributed by atoms with Crippen molar-refractivity contribution in [3.8, 4) is 11.1 Å². The van der Waals surface area contributed by atoms with E-state index in [9.17, 15) is 9.90 Å². The molecule has 3 aliphatic rings. The zero-order chi connectivity index (χ0) is 20.8. The molecule has 4 heteroatoms. The maximum absolute atomic E-state index is 12.4. The van der Waals surface area contributed by atoms with E-state index in [1.165, 1.54) is 58.5 Å². The largest absolute Gasteiger partial charge is 0.479 e. The number of carboxylic acids is 1. The first-order valence-corrected chi connectivity index (χ1v) is 12.7. The fourth-order valence-electron chi connectivity index (χ4n) is 4.98. The average molecular weight is 423 g/mol. The lowest BCUT2D eigenvalue weighted by molar-refractivity contribution is -0.151. The van der Waals surface area contributed by atoms with E-state index in [1.807, 2.05) is 0 Å². The summed E-state index contributed by atoms with van der Waals surface area (Å²) < 4.78 is 6.10. The van der Waals surface area contributed by atoms with Crippen LogP contribution in [0.2, 0.25) is 0 Å². The molecule has 0 aromatic heterocycles. The molecule has 0 bridgehead atoms. The summed E-state index contributed by atoms with van der Waals surface area (Å²) in [6, 6.07) is 9.14. The van der Waals surface area contributed by atoms with E-state index in [-0.39, 0.29) is 6.10 Å². The van der Waals surface area contributed by atoms with Gasteiger partial charge in [-0.1, -0.05) is 39.8 Å². The molecule has 2 aromatic rings. The van der Waals surface area contributed by atoms with Gasteiger partial charge in [-0.05, 0) is 103 Å². The first-order chi connectivity index (χ1) is 14.6. The van der Waals surface area contributed by atoms with Gasteiger partial charge in [-0.15, -0.1) is 0 Å². The van der Waals surface area contributed by atoms with Crippen LogP contribution in [0, 0.1) is 6.92 Å². The van der Waals surface area contributed by atoms with Gasteiger partial charge in [-0.2, -0.15) is 0 Å². The van der Waals surface area contributed by atoms with Gasteiger partial charge in [0.25, 0.3) is 0 Å². The zero-order valence-corrected chi connectivity index (χ0v) is 19.0. The highest BCUT2D eigenvalue weighted by Gasteiger charge is 2.37. The predicted octanol–water partition coefficient (Wildman–Crippen LogP) is 5.66. The Morgan fingerprint density at radius 1 is 1.23 bits per heavy atom. The Morgan fingerprint density at radius 2 is 2.03 bits per heavy atom. The average Bonchev–Trinajstić information content (AvgIpc) is 3.65. The van der Waals surface area contributed by atoms with Gasteiger partial charge >= 0.3 is 5.97 Å². The van der Waals surface area contributed by atoms with Gasteiger partial charge < -0.3 is 9.84 Å². The molecule has 2 fully saturated rings. The van der Waals surface area contributed by atoms with E-state index in [1.54, 1.807) is 0 Å². The highest BCUT2D eigenvalue weighted by molar-refractivity contribution is 7.47. The number of rotatable bonds is 7. The molecule has 5 rings (SSSR count). The maximum atomic E-state index is 12.4. The van der Waals surface area contributed by atoms with Crippen molar-refractivity contribution in [1.82, 2.24) is 0 Å². The second-order valence-electron chi connectivity index (χ2n) is 9.14. The van der Waals surface area contributed by atoms with Gasteiger partial charge in [0.05, 0.1) is 6.10 Å². The monoisotopic (exact) mass is 422 g/mol. The SMILES string of the molecule is CCc1cc(C)c(C(OC2CC2)C(=O)O)c(-c2ccc3c(c2)CCCP3)c1C1CC1. The molecule has 2 atom stereocenters. The Hall–Kier alpha value is -1.70. The van der Waals surface area contributed by atoms with Crippen molar-refractivity contribution in [1.29, 1.82) is 0 Å². The summed E-state index contributed by atoms with van der Waals surface area (Å²) in [7, 11) is 0.902. The molecule has 2 aliphatic carbocycles. The quantitative estimate of drug-likeness (QED) is 0.586. The summed E-state index contributed by atoms with van der Waals surface area (Å²) in [6.45, 7) is 4.29. The minimum absolute atomic E-state index is 0.0957. The first-order valence-electron chi connectivity index (χ1n) is 11.5. The fraction of sp³-hybridized carbons (Fsp3) is 0.500. The third kappa shape index (κ3) is 3.83. The van der Waals surface area contributed by atoms with Crippen molar-refractivity contribution in [2.45, 2.75) is 76.9 Å². The van der Waals surface area contributed by atoms with Gasteiger partial charge in [0, 0.05) is 5.56 Å². The Balaban J connectivity index is 1.74. The summed E-state index contributed by atoms with van der Waals surface area (Å²) in [6.07, 6.45) is 8.24. The summed E-state index contributed by atoms with van der Waals surface area (Å²) in [5.41, 5.74) is 8.54. The Labute approximate surface area is 181 Å². The van der Waals surface area contributed by atoms with Crippen LogP contribution in [0.1, 0.15) is 78.9 Å². The van der Waals surface area contributed by atoms with E-state index >= 15 is 0 Å². The molecule has 2 saturated carbocycles. The zero-order valence-electron chi connectivity index (χ0n) is 18.0. The molecule has 0 saturated heterocycles. The van der Waals surface area contributed by atoms with E-state index in [0.29, 0.717) is 5.92 Å². The van der Waals surface area contributed by atoms with Crippen molar-refractivity contribution in [2.24, 2.45) is 0 Å². The van der Waals surface area contributed by atoms with E-state index in [4.69, 9.17) is 4.74 Å². The summed E-state index contributed by atoms with van der Waals surface area (Å²) in [4.78, 5) is 12.4. The molecule has 1 heterocycles. The fourth-order valence-corrected chi connectivity index (χ4v) is 6.22. The van der Waals surface area contributed by atoms with Crippen LogP contribution < -0.4 is 5.30 Å². The molecule has 2 aromatic carbocycles. The van der Waals surface area contributed by atoms with Crippen molar-refractivity contribution in [2.75, 3.05) is 6.16 Å². The molecule has 0 radical (unpaired) electrons. The van der Waals surface area contributed by atoms with Crippen LogP contribution in [0.25, 0.3) is 11.1 Å². The van der Waals surface area contributed by atoms with Crippen molar-refractivity contribution in [3.05, 3.63) is 52.1 Å². The highest BCUT2D eigenvalue weighted by Crippen LogP contribution is 2.50. The van der Waals surface area contributed by atoms with Gasteiger partial charge in [-0.25, -0.2) is 4.79 Å². The van der Waals surface area contributed by atoms with Gasteiger partial charge in [0.15, 0.2) is 6.10 Å². The smallest absolute Gasteiger partial charge is 0.337 e. The van der Waals surface area contributed by atoms with E-state index in [0.717, 1.165) is 45.4 Å². The Morgan fingerprint density at radius 3 is 2.70 bits per heavy atom. The summed E-state index contributed by atoms with van der Waals surface area (Å²) >= 11 is 0. The van der Waals surface area contributed by atoms with Crippen LogP contribution in [0.5, 0.6) is 0 Å².